The molecule has 1 saturated heterocycles. The van der Waals surface area contributed by atoms with E-state index in [0.29, 0.717) is 30.5 Å². The van der Waals surface area contributed by atoms with Gasteiger partial charge in [-0.05, 0) is 62.2 Å². The first-order chi connectivity index (χ1) is 14.9. The van der Waals surface area contributed by atoms with E-state index in [1.54, 1.807) is 10.9 Å². The number of nitrogens with zero attached hydrogens (tertiary/aromatic N) is 2. The van der Waals surface area contributed by atoms with Gasteiger partial charge in [0, 0.05) is 18.4 Å². The summed E-state index contributed by atoms with van der Waals surface area (Å²) in [5, 5.41) is 4.21. The largest absolute Gasteiger partial charge is 0.490 e. The lowest BCUT2D eigenvalue weighted by Crippen LogP contribution is -2.62. The fraction of sp³-hybridized carbons (Fsp3) is 0.808. The van der Waals surface area contributed by atoms with Crippen molar-refractivity contribution in [3.63, 3.8) is 0 Å². The van der Waals surface area contributed by atoms with E-state index in [9.17, 15) is 0 Å². The minimum Gasteiger partial charge on any atom is -0.490 e. The molecule has 3 saturated carbocycles. The second-order valence-electron chi connectivity index (χ2n) is 11.2. The van der Waals surface area contributed by atoms with Gasteiger partial charge in [0.15, 0.2) is 12.0 Å². The van der Waals surface area contributed by atoms with E-state index in [-0.39, 0.29) is 17.1 Å². The molecule has 4 aliphatic rings. The summed E-state index contributed by atoms with van der Waals surface area (Å²) in [4.78, 5) is 0. The van der Waals surface area contributed by atoms with E-state index in [4.69, 9.17) is 14.2 Å². The predicted molar refractivity (Wildman–Crippen MR) is 121 cm³/mol. The lowest BCUT2D eigenvalue weighted by molar-refractivity contribution is -0.316. The molecule has 0 aromatic carbocycles. The Bertz CT molecular complexity index is 800. The Balaban J connectivity index is 1.28. The minimum atomic E-state index is 0.0344. The molecule has 0 spiro atoms. The van der Waals surface area contributed by atoms with Gasteiger partial charge in [-0.2, -0.15) is 5.10 Å². The van der Waals surface area contributed by atoms with Crippen LogP contribution in [0.15, 0.2) is 24.5 Å². The molecule has 5 heteroatoms. The topological polar surface area (TPSA) is 45.5 Å². The molecule has 0 amide bonds. The summed E-state index contributed by atoms with van der Waals surface area (Å²) in [5.74, 6) is 2.57. The first kappa shape index (κ1) is 21.5. The number of aromatic nitrogens is 2. The van der Waals surface area contributed by atoms with Gasteiger partial charge in [0.2, 0.25) is 0 Å². The van der Waals surface area contributed by atoms with E-state index < -0.39 is 0 Å². The molecular formula is C26H40N2O3. The van der Waals surface area contributed by atoms with Gasteiger partial charge in [0.05, 0.1) is 31.7 Å². The van der Waals surface area contributed by atoms with Crippen molar-refractivity contribution in [2.24, 2.45) is 35.6 Å². The van der Waals surface area contributed by atoms with Crippen molar-refractivity contribution in [2.45, 2.75) is 84.0 Å². The molecule has 5 rings (SSSR count). The standard InChI is InChI=1S/C26H40N2O3/c1-18-9-10-22-25(2,21(18)12-14-29-20-15-27-28(4)16-20)13-11-23-26(22,3)17-30-24(31-23)19-7-5-6-8-19/h15-16,19,21-24H,1,5-14,17H2,2-4H3/t21-,22?,23-,24-,25+,26+/m1/s1. The van der Waals surface area contributed by atoms with Gasteiger partial charge in [-0.15, -0.1) is 0 Å². The zero-order valence-corrected chi connectivity index (χ0v) is 19.6. The highest BCUT2D eigenvalue weighted by molar-refractivity contribution is 5.18. The number of hydrogen-bond acceptors (Lipinski definition) is 4. The summed E-state index contributed by atoms with van der Waals surface area (Å²) >= 11 is 0. The Morgan fingerprint density at radius 1 is 1.19 bits per heavy atom. The van der Waals surface area contributed by atoms with Gasteiger partial charge in [-0.1, -0.05) is 38.8 Å². The summed E-state index contributed by atoms with van der Waals surface area (Å²) in [7, 11) is 1.92. The van der Waals surface area contributed by atoms with Crippen LogP contribution in [0.1, 0.15) is 71.6 Å². The van der Waals surface area contributed by atoms with Crippen molar-refractivity contribution < 1.29 is 14.2 Å². The Labute approximate surface area is 187 Å². The number of hydrogen-bond donors (Lipinski definition) is 0. The van der Waals surface area contributed by atoms with Crippen LogP contribution < -0.4 is 4.74 Å². The Kier molecular flexibility index (Phi) is 5.71. The van der Waals surface area contributed by atoms with Gasteiger partial charge in [0.25, 0.3) is 0 Å². The van der Waals surface area contributed by atoms with Crippen LogP contribution in [0, 0.1) is 28.6 Å². The number of aryl methyl sites for hydroxylation is 1. The number of fused-ring (bicyclic) bond motifs is 3. The predicted octanol–water partition coefficient (Wildman–Crippen LogP) is 5.51. The van der Waals surface area contributed by atoms with E-state index in [1.165, 1.54) is 44.1 Å². The number of ether oxygens (including phenoxy) is 3. The van der Waals surface area contributed by atoms with Crippen LogP contribution in [-0.2, 0) is 16.5 Å². The van der Waals surface area contributed by atoms with E-state index >= 15 is 0 Å². The smallest absolute Gasteiger partial charge is 0.160 e. The normalized spacial score (nSPS) is 41.1. The Hall–Kier alpha value is -1.33. The maximum Gasteiger partial charge on any atom is 0.160 e. The molecule has 1 aliphatic heterocycles. The third-order valence-electron chi connectivity index (χ3n) is 9.31. The van der Waals surface area contributed by atoms with Gasteiger partial charge in [0.1, 0.15) is 0 Å². The van der Waals surface area contributed by atoms with Gasteiger partial charge < -0.3 is 14.2 Å². The van der Waals surface area contributed by atoms with Crippen LogP contribution >= 0.6 is 0 Å². The average molecular weight is 429 g/mol. The van der Waals surface area contributed by atoms with Crippen molar-refractivity contribution in [1.29, 1.82) is 0 Å². The second-order valence-corrected chi connectivity index (χ2v) is 11.2. The van der Waals surface area contributed by atoms with Crippen molar-refractivity contribution in [3.8, 4) is 5.75 Å². The van der Waals surface area contributed by atoms with Crippen molar-refractivity contribution in [1.82, 2.24) is 9.78 Å². The molecule has 2 heterocycles. The summed E-state index contributed by atoms with van der Waals surface area (Å²) < 4.78 is 21.0. The van der Waals surface area contributed by atoms with Gasteiger partial charge in [-0.3, -0.25) is 4.68 Å². The third kappa shape index (κ3) is 3.76. The molecule has 31 heavy (non-hydrogen) atoms. The van der Waals surface area contributed by atoms with E-state index in [1.807, 2.05) is 13.2 Å². The molecule has 3 aliphatic carbocycles. The summed E-state index contributed by atoms with van der Waals surface area (Å²) in [5.41, 5.74) is 1.76. The van der Waals surface area contributed by atoms with Crippen LogP contribution in [0.25, 0.3) is 0 Å². The Morgan fingerprint density at radius 2 is 2.00 bits per heavy atom. The van der Waals surface area contributed by atoms with Gasteiger partial charge >= 0.3 is 0 Å². The molecule has 0 N–H and O–H groups in total. The Morgan fingerprint density at radius 3 is 2.74 bits per heavy atom. The van der Waals surface area contributed by atoms with Crippen LogP contribution in [0.4, 0.5) is 0 Å². The first-order valence-electron chi connectivity index (χ1n) is 12.5. The SMILES string of the molecule is C=C1CCC2[C@]3(C)CO[C@@H](C4CCCC4)O[C@@H]3CC[C@@]2(C)[C@@H]1CCOc1cnn(C)c1. The lowest BCUT2D eigenvalue weighted by Gasteiger charge is -2.63. The summed E-state index contributed by atoms with van der Waals surface area (Å²) in [6.07, 6.45) is 15.0. The van der Waals surface area contributed by atoms with Gasteiger partial charge in [-0.25, -0.2) is 0 Å². The number of rotatable bonds is 5. The quantitative estimate of drug-likeness (QED) is 0.580. The average Bonchev–Trinajstić information content (AvgIpc) is 3.41. The number of allylic oxidation sites excluding steroid dienone is 1. The van der Waals surface area contributed by atoms with Crippen molar-refractivity contribution in [2.75, 3.05) is 13.2 Å². The highest BCUT2D eigenvalue weighted by Gasteiger charge is 2.60. The molecule has 6 atom stereocenters. The van der Waals surface area contributed by atoms with E-state index in [2.05, 4.69) is 25.5 Å². The fourth-order valence-electron chi connectivity index (χ4n) is 7.63. The molecule has 0 radical (unpaired) electrons. The van der Waals surface area contributed by atoms with Crippen LogP contribution in [0.5, 0.6) is 5.75 Å². The molecule has 1 unspecified atom stereocenters. The maximum absolute atomic E-state index is 6.70. The summed E-state index contributed by atoms with van der Waals surface area (Å²) in [6, 6.07) is 0. The third-order valence-corrected chi connectivity index (χ3v) is 9.31. The maximum atomic E-state index is 6.70. The van der Waals surface area contributed by atoms with Crippen molar-refractivity contribution in [3.05, 3.63) is 24.5 Å². The fourth-order valence-corrected chi connectivity index (χ4v) is 7.63. The zero-order chi connectivity index (χ0) is 21.6. The highest BCUT2D eigenvalue weighted by Crippen LogP contribution is 2.63. The molecule has 4 fully saturated rings. The van der Waals surface area contributed by atoms with E-state index in [0.717, 1.165) is 31.6 Å². The molecule has 5 nitrogen and oxygen atoms in total. The van der Waals surface area contributed by atoms with Crippen LogP contribution in [0.2, 0.25) is 0 Å². The van der Waals surface area contributed by atoms with Crippen molar-refractivity contribution >= 4 is 0 Å². The van der Waals surface area contributed by atoms with Crippen LogP contribution in [0.3, 0.4) is 0 Å². The zero-order valence-electron chi connectivity index (χ0n) is 19.6. The molecular weight excluding hydrogens is 388 g/mol. The monoisotopic (exact) mass is 428 g/mol. The van der Waals surface area contributed by atoms with Crippen LogP contribution in [-0.4, -0.2) is 35.4 Å². The highest BCUT2D eigenvalue weighted by atomic mass is 16.7. The molecule has 0 bridgehead atoms. The molecule has 1 aromatic rings. The minimum absolute atomic E-state index is 0.0344. The second kappa shape index (κ2) is 8.22. The molecule has 172 valence electrons. The molecule has 1 aromatic heterocycles. The lowest BCUT2D eigenvalue weighted by atomic mass is 9.46. The first-order valence-corrected chi connectivity index (χ1v) is 12.5. The summed E-state index contributed by atoms with van der Waals surface area (Å²) in [6.45, 7) is 11.0.